The van der Waals surface area contributed by atoms with Gasteiger partial charge in [0.25, 0.3) is 0 Å². The van der Waals surface area contributed by atoms with Crippen molar-refractivity contribution >= 4 is 16.9 Å². The molecule has 1 N–H and O–H groups in total. The van der Waals surface area contributed by atoms with Gasteiger partial charge in [0.05, 0.1) is 0 Å². The van der Waals surface area contributed by atoms with Crippen molar-refractivity contribution in [2.24, 2.45) is 0 Å². The number of halogens is 1. The van der Waals surface area contributed by atoms with Crippen LogP contribution in [0.3, 0.4) is 0 Å². The molecule has 0 fully saturated rings. The molecule has 1 aliphatic heterocycles. The summed E-state index contributed by atoms with van der Waals surface area (Å²) < 4.78 is 26.5. The van der Waals surface area contributed by atoms with E-state index in [0.717, 1.165) is 47.8 Å². The first-order valence-electron chi connectivity index (χ1n) is 9.07. The first-order chi connectivity index (χ1) is 13.1. The van der Waals surface area contributed by atoms with Crippen molar-refractivity contribution in [1.29, 1.82) is 0 Å². The highest BCUT2D eigenvalue weighted by Gasteiger charge is 2.31. The highest BCUT2D eigenvalue weighted by molar-refractivity contribution is 5.89. The van der Waals surface area contributed by atoms with Crippen molar-refractivity contribution in [3.8, 4) is 11.5 Å². The molecule has 0 radical (unpaired) electrons. The normalized spacial score (nSPS) is 16.3. The number of aromatic nitrogens is 1. The number of fused-ring (bicyclic) bond motifs is 4. The van der Waals surface area contributed by atoms with Gasteiger partial charge in [-0.15, -0.1) is 0 Å². The number of nitrogens with zero attached hydrogens (tertiary/aromatic N) is 1. The van der Waals surface area contributed by atoms with Gasteiger partial charge in [-0.3, -0.25) is 0 Å². The Labute approximate surface area is 154 Å². The molecular weight excluding hydrogens is 349 g/mol. The van der Waals surface area contributed by atoms with Crippen molar-refractivity contribution in [2.75, 3.05) is 6.79 Å². The predicted octanol–water partition coefficient (Wildman–Crippen LogP) is 4.06. The van der Waals surface area contributed by atoms with E-state index < -0.39 is 12.0 Å². The topological polar surface area (TPSA) is 60.7 Å². The van der Waals surface area contributed by atoms with Gasteiger partial charge in [-0.2, -0.15) is 0 Å². The monoisotopic (exact) mass is 367 g/mol. The van der Waals surface area contributed by atoms with Gasteiger partial charge in [0.1, 0.15) is 5.82 Å². The lowest BCUT2D eigenvalue weighted by Crippen LogP contribution is -2.23. The van der Waals surface area contributed by atoms with Crippen molar-refractivity contribution in [1.82, 2.24) is 4.57 Å². The van der Waals surface area contributed by atoms with Gasteiger partial charge in [0.15, 0.2) is 17.5 Å². The fourth-order valence-electron chi connectivity index (χ4n) is 4.33. The van der Waals surface area contributed by atoms with Crippen molar-refractivity contribution in [2.45, 2.75) is 31.7 Å². The molecular formula is C21H18FNO4. The number of hydrogen-bond acceptors (Lipinski definition) is 3. The SMILES string of the molecule is O=C(O)C(c1ccc2c(c1)OCO2)n1c2c(c3cc(F)ccc31)CCCC2. The van der Waals surface area contributed by atoms with E-state index in [9.17, 15) is 14.3 Å². The third kappa shape index (κ3) is 2.47. The van der Waals surface area contributed by atoms with Crippen LogP contribution in [-0.4, -0.2) is 22.4 Å². The van der Waals surface area contributed by atoms with Crippen LogP contribution in [0.25, 0.3) is 10.9 Å². The number of carbonyl (C=O) groups is 1. The highest BCUT2D eigenvalue weighted by atomic mass is 19.1. The summed E-state index contributed by atoms with van der Waals surface area (Å²) in [7, 11) is 0. The van der Waals surface area contributed by atoms with E-state index >= 15 is 0 Å². The number of hydrogen-bond donors (Lipinski definition) is 1. The zero-order chi connectivity index (χ0) is 18.5. The summed E-state index contributed by atoms with van der Waals surface area (Å²) >= 11 is 0. The third-order valence-electron chi connectivity index (χ3n) is 5.48. The Hall–Kier alpha value is -3.02. The van der Waals surface area contributed by atoms with Crippen molar-refractivity contribution < 1.29 is 23.8 Å². The second kappa shape index (κ2) is 6.01. The second-order valence-electron chi connectivity index (χ2n) is 7.02. The fraction of sp³-hybridized carbons (Fsp3) is 0.286. The van der Waals surface area contributed by atoms with E-state index in [0.29, 0.717) is 17.1 Å². The predicted molar refractivity (Wildman–Crippen MR) is 96.9 cm³/mol. The number of carboxylic acid groups (broad SMARTS) is 1. The number of aryl methyl sites for hydroxylation is 1. The van der Waals surface area contributed by atoms with Gasteiger partial charge < -0.3 is 19.1 Å². The molecule has 0 bridgehead atoms. The van der Waals surface area contributed by atoms with E-state index in [2.05, 4.69) is 0 Å². The Bertz CT molecular complexity index is 1070. The van der Waals surface area contributed by atoms with Crippen LogP contribution >= 0.6 is 0 Å². The Morgan fingerprint density at radius 3 is 2.74 bits per heavy atom. The summed E-state index contributed by atoms with van der Waals surface area (Å²) in [5.41, 5.74) is 3.43. The van der Waals surface area contributed by atoms with E-state index in [1.165, 1.54) is 12.1 Å². The van der Waals surface area contributed by atoms with Crippen molar-refractivity contribution in [3.05, 3.63) is 59.0 Å². The molecule has 27 heavy (non-hydrogen) atoms. The fourth-order valence-corrected chi connectivity index (χ4v) is 4.33. The Kier molecular flexibility index (Phi) is 3.60. The van der Waals surface area contributed by atoms with Crippen LogP contribution < -0.4 is 9.47 Å². The molecule has 1 aromatic heterocycles. The smallest absolute Gasteiger partial charge is 0.331 e. The molecule has 0 amide bonds. The lowest BCUT2D eigenvalue weighted by atomic mass is 9.95. The molecule has 0 saturated carbocycles. The maximum Gasteiger partial charge on any atom is 0.331 e. The first-order valence-corrected chi connectivity index (χ1v) is 9.07. The molecule has 2 aromatic carbocycles. The maximum atomic E-state index is 13.9. The zero-order valence-electron chi connectivity index (χ0n) is 14.6. The maximum absolute atomic E-state index is 13.9. The molecule has 138 valence electrons. The first kappa shape index (κ1) is 16.2. The molecule has 2 heterocycles. The van der Waals surface area contributed by atoms with Gasteiger partial charge in [-0.05, 0) is 67.1 Å². The highest BCUT2D eigenvalue weighted by Crippen LogP contribution is 2.39. The average Bonchev–Trinajstić information content (AvgIpc) is 3.25. The zero-order valence-corrected chi connectivity index (χ0v) is 14.6. The van der Waals surface area contributed by atoms with Gasteiger partial charge in [0, 0.05) is 16.6 Å². The van der Waals surface area contributed by atoms with E-state index in [4.69, 9.17) is 9.47 Å². The second-order valence-corrected chi connectivity index (χ2v) is 7.02. The van der Waals surface area contributed by atoms with Crippen molar-refractivity contribution in [3.63, 3.8) is 0 Å². The van der Waals surface area contributed by atoms with Gasteiger partial charge >= 0.3 is 5.97 Å². The lowest BCUT2D eigenvalue weighted by Gasteiger charge is -2.22. The number of benzene rings is 2. The van der Waals surface area contributed by atoms with Crippen LogP contribution in [-0.2, 0) is 17.6 Å². The van der Waals surface area contributed by atoms with Crippen LogP contribution in [0.15, 0.2) is 36.4 Å². The number of carboxylic acids is 1. The molecule has 1 unspecified atom stereocenters. The molecule has 3 aromatic rings. The summed E-state index contributed by atoms with van der Waals surface area (Å²) in [6.07, 6.45) is 3.67. The molecule has 2 aliphatic rings. The summed E-state index contributed by atoms with van der Waals surface area (Å²) in [6.45, 7) is 0.137. The average molecular weight is 367 g/mol. The Balaban J connectivity index is 1.76. The van der Waals surface area contributed by atoms with E-state index in [1.54, 1.807) is 24.3 Å². The summed E-state index contributed by atoms with van der Waals surface area (Å²) in [5.74, 6) is -0.0917. The molecule has 5 rings (SSSR count). The molecule has 0 spiro atoms. The Morgan fingerprint density at radius 2 is 1.89 bits per heavy atom. The number of ether oxygens (including phenoxy) is 2. The molecule has 1 atom stereocenters. The van der Waals surface area contributed by atoms with Crippen LogP contribution in [0.2, 0.25) is 0 Å². The van der Waals surface area contributed by atoms with Crippen LogP contribution in [0.4, 0.5) is 4.39 Å². The minimum atomic E-state index is -0.955. The Morgan fingerprint density at radius 1 is 1.07 bits per heavy atom. The number of rotatable bonds is 3. The van der Waals surface area contributed by atoms with Gasteiger partial charge in [-0.25, -0.2) is 9.18 Å². The van der Waals surface area contributed by atoms with E-state index in [-0.39, 0.29) is 12.6 Å². The quantitative estimate of drug-likeness (QED) is 0.758. The molecule has 1 aliphatic carbocycles. The van der Waals surface area contributed by atoms with E-state index in [1.807, 2.05) is 4.57 Å². The van der Waals surface area contributed by atoms with Gasteiger partial charge in [0.2, 0.25) is 6.79 Å². The molecule has 0 saturated heterocycles. The lowest BCUT2D eigenvalue weighted by molar-refractivity contribution is -0.139. The van der Waals surface area contributed by atoms with Gasteiger partial charge in [-0.1, -0.05) is 6.07 Å². The summed E-state index contributed by atoms with van der Waals surface area (Å²) in [4.78, 5) is 12.3. The summed E-state index contributed by atoms with van der Waals surface area (Å²) in [6, 6.07) is 8.92. The standard InChI is InChI=1S/C21H18FNO4/c22-13-6-7-17-15(10-13)14-3-1-2-4-16(14)23(17)20(21(24)25)12-5-8-18-19(9-12)27-11-26-18/h5-10,20H,1-4,11H2,(H,24,25). The van der Waals surface area contributed by atoms with Crippen LogP contribution in [0.1, 0.15) is 35.7 Å². The minimum Gasteiger partial charge on any atom is -0.479 e. The molecule has 5 nitrogen and oxygen atoms in total. The minimum absolute atomic E-state index is 0.137. The largest absolute Gasteiger partial charge is 0.479 e. The molecule has 6 heteroatoms. The third-order valence-corrected chi connectivity index (χ3v) is 5.48. The van der Waals surface area contributed by atoms with Crippen LogP contribution in [0, 0.1) is 5.82 Å². The van der Waals surface area contributed by atoms with Crippen LogP contribution in [0.5, 0.6) is 11.5 Å². The summed E-state index contributed by atoms with van der Waals surface area (Å²) in [5, 5.41) is 10.9. The number of aliphatic carboxylic acids is 1.